The summed E-state index contributed by atoms with van der Waals surface area (Å²) < 4.78 is 5.76. The third kappa shape index (κ3) is 4.60. The van der Waals surface area contributed by atoms with Gasteiger partial charge in [-0.05, 0) is 29.8 Å². The number of amides is 1. The normalized spacial score (nSPS) is 11.8. The van der Waals surface area contributed by atoms with Gasteiger partial charge < -0.3 is 20.7 Å². The molecule has 27 heavy (non-hydrogen) atoms. The zero-order chi connectivity index (χ0) is 19.4. The Morgan fingerprint density at radius 3 is 2.63 bits per heavy atom. The fourth-order valence-electron chi connectivity index (χ4n) is 2.51. The van der Waals surface area contributed by atoms with E-state index in [1.807, 2.05) is 42.5 Å². The number of nitrogens with one attached hydrogen (secondary N) is 1. The van der Waals surface area contributed by atoms with E-state index in [9.17, 15) is 4.79 Å². The van der Waals surface area contributed by atoms with Crippen LogP contribution >= 0.6 is 0 Å². The molecule has 0 aliphatic carbocycles. The molecule has 1 heterocycles. The minimum Gasteiger partial charge on any atom is -0.481 e. The highest BCUT2D eigenvalue weighted by molar-refractivity contribution is 5.84. The van der Waals surface area contributed by atoms with Gasteiger partial charge in [-0.2, -0.15) is 15.0 Å². The summed E-state index contributed by atoms with van der Waals surface area (Å²) in [6.45, 7) is 1.83. The van der Waals surface area contributed by atoms with Crippen LogP contribution in [-0.4, -0.2) is 41.1 Å². The molecule has 8 nitrogen and oxygen atoms in total. The lowest BCUT2D eigenvalue weighted by atomic mass is 10.1. The molecule has 0 aliphatic heterocycles. The van der Waals surface area contributed by atoms with E-state index in [4.69, 9.17) is 10.5 Å². The predicted molar refractivity (Wildman–Crippen MR) is 104 cm³/mol. The lowest BCUT2D eigenvalue weighted by molar-refractivity contribution is -0.127. The number of aromatic nitrogens is 3. The second kappa shape index (κ2) is 7.86. The van der Waals surface area contributed by atoms with Crippen molar-refractivity contribution in [2.75, 3.05) is 24.7 Å². The van der Waals surface area contributed by atoms with E-state index in [0.29, 0.717) is 17.5 Å². The molecule has 0 aliphatic rings. The molecule has 140 valence electrons. The largest absolute Gasteiger partial charge is 0.481 e. The Morgan fingerprint density at radius 1 is 1.15 bits per heavy atom. The van der Waals surface area contributed by atoms with Gasteiger partial charge in [0.05, 0.1) is 6.54 Å². The van der Waals surface area contributed by atoms with Crippen LogP contribution in [0.2, 0.25) is 0 Å². The standard InChI is InChI=1S/C19H22N6O2/c1-12(27-15-9-8-13-6-4-5-7-14(13)10-15)17(26)21-11-16-22-18(20)24-19(23-16)25(2)3/h4-10,12H,11H2,1-3H3,(H,21,26)(H2,20,22,23,24). The first kappa shape index (κ1) is 18.4. The lowest BCUT2D eigenvalue weighted by Gasteiger charge is -2.15. The molecule has 2 aromatic carbocycles. The summed E-state index contributed by atoms with van der Waals surface area (Å²) in [5, 5.41) is 4.93. The van der Waals surface area contributed by atoms with Crippen LogP contribution < -0.4 is 20.7 Å². The molecular formula is C19H22N6O2. The van der Waals surface area contributed by atoms with Gasteiger partial charge in [0.25, 0.3) is 5.91 Å². The maximum absolute atomic E-state index is 12.3. The highest BCUT2D eigenvalue weighted by Crippen LogP contribution is 2.21. The first-order valence-corrected chi connectivity index (χ1v) is 8.53. The second-order valence-corrected chi connectivity index (χ2v) is 6.29. The maximum Gasteiger partial charge on any atom is 0.261 e. The van der Waals surface area contributed by atoms with Gasteiger partial charge >= 0.3 is 0 Å². The molecule has 3 rings (SSSR count). The van der Waals surface area contributed by atoms with Gasteiger partial charge in [-0.3, -0.25) is 4.79 Å². The summed E-state index contributed by atoms with van der Waals surface area (Å²) in [6, 6.07) is 13.7. The van der Waals surface area contributed by atoms with Crippen molar-refractivity contribution in [1.82, 2.24) is 20.3 Å². The van der Waals surface area contributed by atoms with Crippen LogP contribution in [0, 0.1) is 0 Å². The van der Waals surface area contributed by atoms with E-state index in [2.05, 4.69) is 20.3 Å². The van der Waals surface area contributed by atoms with Crippen LogP contribution in [0.25, 0.3) is 10.8 Å². The Morgan fingerprint density at radius 2 is 1.89 bits per heavy atom. The highest BCUT2D eigenvalue weighted by Gasteiger charge is 2.16. The van der Waals surface area contributed by atoms with Crippen molar-refractivity contribution < 1.29 is 9.53 Å². The summed E-state index contributed by atoms with van der Waals surface area (Å²) in [5.74, 6) is 1.30. The molecule has 1 amide bonds. The smallest absolute Gasteiger partial charge is 0.261 e. The van der Waals surface area contributed by atoms with Gasteiger partial charge in [0, 0.05) is 14.1 Å². The number of carbonyl (C=O) groups is 1. The lowest BCUT2D eigenvalue weighted by Crippen LogP contribution is -2.36. The first-order chi connectivity index (χ1) is 12.9. The van der Waals surface area contributed by atoms with E-state index in [0.717, 1.165) is 10.8 Å². The first-order valence-electron chi connectivity index (χ1n) is 8.53. The number of benzene rings is 2. The van der Waals surface area contributed by atoms with Gasteiger partial charge in [-0.15, -0.1) is 0 Å². The molecule has 1 unspecified atom stereocenters. The van der Waals surface area contributed by atoms with Crippen molar-refractivity contribution in [3.63, 3.8) is 0 Å². The van der Waals surface area contributed by atoms with Crippen molar-refractivity contribution >= 4 is 28.6 Å². The van der Waals surface area contributed by atoms with E-state index < -0.39 is 6.10 Å². The van der Waals surface area contributed by atoms with Gasteiger partial charge in [-0.1, -0.05) is 30.3 Å². The molecular weight excluding hydrogens is 344 g/mol. The quantitative estimate of drug-likeness (QED) is 0.684. The number of anilines is 2. The van der Waals surface area contributed by atoms with Crippen LogP contribution in [0.5, 0.6) is 5.75 Å². The Labute approximate surface area is 157 Å². The van der Waals surface area contributed by atoms with Crippen molar-refractivity contribution in [3.8, 4) is 5.75 Å². The van der Waals surface area contributed by atoms with Gasteiger partial charge in [0.15, 0.2) is 11.9 Å². The number of hydrogen-bond acceptors (Lipinski definition) is 7. The predicted octanol–water partition coefficient (Wildman–Crippen LogP) is 1.76. The molecule has 0 fully saturated rings. The summed E-state index contributed by atoms with van der Waals surface area (Å²) >= 11 is 0. The van der Waals surface area contributed by atoms with Crippen molar-refractivity contribution in [1.29, 1.82) is 0 Å². The molecule has 0 radical (unpaired) electrons. The number of nitrogens with zero attached hydrogens (tertiary/aromatic N) is 4. The minimum atomic E-state index is -0.668. The summed E-state index contributed by atoms with van der Waals surface area (Å²) in [4.78, 5) is 26.4. The average molecular weight is 366 g/mol. The summed E-state index contributed by atoms with van der Waals surface area (Å²) in [5.41, 5.74) is 5.68. The second-order valence-electron chi connectivity index (χ2n) is 6.29. The van der Waals surface area contributed by atoms with E-state index in [1.54, 1.807) is 25.9 Å². The summed E-state index contributed by atoms with van der Waals surface area (Å²) in [7, 11) is 3.60. The average Bonchev–Trinajstić information content (AvgIpc) is 2.65. The van der Waals surface area contributed by atoms with Crippen LogP contribution in [0.15, 0.2) is 42.5 Å². The Bertz CT molecular complexity index is 960. The number of ether oxygens (including phenoxy) is 1. The van der Waals surface area contributed by atoms with Crippen LogP contribution in [-0.2, 0) is 11.3 Å². The van der Waals surface area contributed by atoms with Crippen LogP contribution in [0.4, 0.5) is 11.9 Å². The van der Waals surface area contributed by atoms with E-state index in [1.165, 1.54) is 0 Å². The SMILES string of the molecule is CC(Oc1ccc2ccccc2c1)C(=O)NCc1nc(N)nc(N(C)C)n1. The number of nitrogens with two attached hydrogens (primary N) is 1. The molecule has 0 bridgehead atoms. The number of carbonyl (C=O) groups excluding carboxylic acids is 1. The number of rotatable bonds is 6. The fourth-order valence-corrected chi connectivity index (χ4v) is 2.51. The van der Waals surface area contributed by atoms with Crippen LogP contribution in [0.1, 0.15) is 12.7 Å². The van der Waals surface area contributed by atoms with Gasteiger partial charge in [0.2, 0.25) is 11.9 Å². The zero-order valence-corrected chi connectivity index (χ0v) is 15.5. The monoisotopic (exact) mass is 366 g/mol. The number of hydrogen-bond donors (Lipinski definition) is 2. The fraction of sp³-hybridized carbons (Fsp3) is 0.263. The third-order valence-electron chi connectivity index (χ3n) is 3.91. The highest BCUT2D eigenvalue weighted by atomic mass is 16.5. The van der Waals surface area contributed by atoms with Crippen molar-refractivity contribution in [2.24, 2.45) is 0 Å². The molecule has 1 atom stereocenters. The molecule has 0 saturated heterocycles. The Hall–Kier alpha value is -3.42. The topological polar surface area (TPSA) is 106 Å². The zero-order valence-electron chi connectivity index (χ0n) is 15.5. The van der Waals surface area contributed by atoms with Crippen LogP contribution in [0.3, 0.4) is 0 Å². The van der Waals surface area contributed by atoms with Gasteiger partial charge in [0.1, 0.15) is 5.75 Å². The minimum absolute atomic E-state index is 0.110. The number of nitrogen functional groups attached to an aromatic ring is 1. The molecule has 3 aromatic rings. The Kier molecular flexibility index (Phi) is 5.35. The third-order valence-corrected chi connectivity index (χ3v) is 3.91. The van der Waals surface area contributed by atoms with E-state index >= 15 is 0 Å². The maximum atomic E-state index is 12.3. The number of fused-ring (bicyclic) bond motifs is 1. The van der Waals surface area contributed by atoms with Crippen molar-refractivity contribution in [3.05, 3.63) is 48.3 Å². The molecule has 0 saturated carbocycles. The molecule has 1 aromatic heterocycles. The molecule has 3 N–H and O–H groups in total. The molecule has 0 spiro atoms. The summed E-state index contributed by atoms with van der Waals surface area (Å²) in [6.07, 6.45) is -0.668. The van der Waals surface area contributed by atoms with Gasteiger partial charge in [-0.25, -0.2) is 0 Å². The van der Waals surface area contributed by atoms with Crippen molar-refractivity contribution in [2.45, 2.75) is 19.6 Å². The van der Waals surface area contributed by atoms with E-state index in [-0.39, 0.29) is 18.4 Å². The molecule has 8 heteroatoms. The Balaban J connectivity index is 1.62.